The van der Waals surface area contributed by atoms with Gasteiger partial charge in [0.25, 0.3) is 5.56 Å². The molecule has 1 aromatic carbocycles. The molecule has 0 bridgehead atoms. The second-order valence-corrected chi connectivity index (χ2v) is 6.46. The van der Waals surface area contributed by atoms with Crippen LogP contribution >= 0.6 is 0 Å². The van der Waals surface area contributed by atoms with Gasteiger partial charge in [-0.2, -0.15) is 10.1 Å². The Morgan fingerprint density at radius 1 is 1.12 bits per heavy atom. The SMILES string of the molecule is NC1(c2noc(Cn3nc(-c4ccccc4)ccc3=O)n2)CCCC1. The predicted octanol–water partition coefficient (Wildman–Crippen LogP) is 2.07. The van der Waals surface area contributed by atoms with E-state index in [1.54, 1.807) is 6.07 Å². The van der Waals surface area contributed by atoms with Gasteiger partial charge in [0.15, 0.2) is 5.82 Å². The van der Waals surface area contributed by atoms with Crippen LogP contribution in [-0.4, -0.2) is 19.9 Å². The number of aromatic nitrogens is 4. The molecule has 0 radical (unpaired) electrons. The van der Waals surface area contributed by atoms with Crippen molar-refractivity contribution in [3.8, 4) is 11.3 Å². The zero-order chi connectivity index (χ0) is 17.3. The third-order valence-corrected chi connectivity index (χ3v) is 4.63. The molecule has 0 saturated heterocycles. The van der Waals surface area contributed by atoms with Crippen molar-refractivity contribution >= 4 is 0 Å². The van der Waals surface area contributed by atoms with Gasteiger partial charge < -0.3 is 10.3 Å². The van der Waals surface area contributed by atoms with Gasteiger partial charge in [0.05, 0.1) is 11.2 Å². The Morgan fingerprint density at radius 3 is 2.64 bits per heavy atom. The molecule has 0 amide bonds. The van der Waals surface area contributed by atoms with Crippen molar-refractivity contribution in [2.75, 3.05) is 0 Å². The maximum atomic E-state index is 12.1. The van der Waals surface area contributed by atoms with E-state index in [4.69, 9.17) is 10.3 Å². The molecule has 1 aliphatic carbocycles. The van der Waals surface area contributed by atoms with Crippen LogP contribution in [0.15, 0.2) is 51.8 Å². The molecular formula is C18H19N5O2. The van der Waals surface area contributed by atoms with Gasteiger partial charge in [0.2, 0.25) is 5.89 Å². The number of benzene rings is 1. The minimum atomic E-state index is -0.508. The number of hydrogen-bond donors (Lipinski definition) is 1. The van der Waals surface area contributed by atoms with Crippen LogP contribution in [-0.2, 0) is 12.1 Å². The van der Waals surface area contributed by atoms with Crippen molar-refractivity contribution in [2.45, 2.75) is 37.8 Å². The molecule has 2 heterocycles. The minimum Gasteiger partial charge on any atom is -0.337 e. The van der Waals surface area contributed by atoms with Crippen molar-refractivity contribution < 1.29 is 4.52 Å². The van der Waals surface area contributed by atoms with E-state index in [0.29, 0.717) is 17.4 Å². The maximum Gasteiger partial charge on any atom is 0.267 e. The summed E-state index contributed by atoms with van der Waals surface area (Å²) in [5.74, 6) is 0.860. The van der Waals surface area contributed by atoms with Crippen molar-refractivity contribution in [1.29, 1.82) is 0 Å². The van der Waals surface area contributed by atoms with Gasteiger partial charge >= 0.3 is 0 Å². The highest BCUT2D eigenvalue weighted by molar-refractivity contribution is 5.57. The number of hydrogen-bond acceptors (Lipinski definition) is 6. The highest BCUT2D eigenvalue weighted by Gasteiger charge is 2.36. The van der Waals surface area contributed by atoms with Gasteiger partial charge in [0, 0.05) is 11.6 Å². The fraction of sp³-hybridized carbons (Fsp3) is 0.333. The van der Waals surface area contributed by atoms with Gasteiger partial charge in [-0.15, -0.1) is 0 Å². The van der Waals surface area contributed by atoms with E-state index >= 15 is 0 Å². The predicted molar refractivity (Wildman–Crippen MR) is 91.7 cm³/mol. The summed E-state index contributed by atoms with van der Waals surface area (Å²) < 4.78 is 6.64. The molecule has 1 saturated carbocycles. The molecule has 0 atom stereocenters. The van der Waals surface area contributed by atoms with Crippen LogP contribution in [0, 0.1) is 0 Å². The van der Waals surface area contributed by atoms with Crippen LogP contribution in [0.25, 0.3) is 11.3 Å². The molecule has 4 rings (SSSR count). The first-order chi connectivity index (χ1) is 12.1. The van der Waals surface area contributed by atoms with Crippen LogP contribution in [0.1, 0.15) is 37.4 Å². The lowest BCUT2D eigenvalue weighted by Crippen LogP contribution is -2.34. The van der Waals surface area contributed by atoms with Gasteiger partial charge in [-0.3, -0.25) is 4.79 Å². The molecule has 7 heteroatoms. The Kier molecular flexibility index (Phi) is 3.93. The largest absolute Gasteiger partial charge is 0.337 e. The third kappa shape index (κ3) is 3.10. The van der Waals surface area contributed by atoms with Gasteiger partial charge in [-0.25, -0.2) is 4.68 Å². The lowest BCUT2D eigenvalue weighted by atomic mass is 9.99. The second-order valence-electron chi connectivity index (χ2n) is 6.46. The van der Waals surface area contributed by atoms with Crippen LogP contribution in [0.3, 0.4) is 0 Å². The van der Waals surface area contributed by atoms with Crippen LogP contribution in [0.5, 0.6) is 0 Å². The lowest BCUT2D eigenvalue weighted by Gasteiger charge is -2.17. The molecular weight excluding hydrogens is 318 g/mol. The maximum absolute atomic E-state index is 12.1. The van der Waals surface area contributed by atoms with Crippen LogP contribution in [0.2, 0.25) is 0 Å². The number of rotatable bonds is 4. The van der Waals surface area contributed by atoms with E-state index in [2.05, 4.69) is 15.2 Å². The minimum absolute atomic E-state index is 0.128. The summed E-state index contributed by atoms with van der Waals surface area (Å²) in [7, 11) is 0. The Hall–Kier alpha value is -2.80. The highest BCUT2D eigenvalue weighted by Crippen LogP contribution is 2.34. The summed E-state index contributed by atoms with van der Waals surface area (Å²) in [6.45, 7) is 0.128. The fourth-order valence-electron chi connectivity index (χ4n) is 3.20. The van der Waals surface area contributed by atoms with Crippen molar-refractivity contribution in [3.63, 3.8) is 0 Å². The van der Waals surface area contributed by atoms with Crippen LogP contribution in [0.4, 0.5) is 0 Å². The highest BCUT2D eigenvalue weighted by atomic mass is 16.5. The summed E-state index contributed by atoms with van der Waals surface area (Å²) in [5.41, 5.74) is 7.27. The van der Waals surface area contributed by atoms with Crippen LogP contribution < -0.4 is 11.3 Å². The molecule has 2 N–H and O–H groups in total. The molecule has 1 aliphatic rings. The quantitative estimate of drug-likeness (QED) is 0.782. The van der Waals surface area contributed by atoms with Gasteiger partial charge in [-0.1, -0.05) is 48.3 Å². The van der Waals surface area contributed by atoms with E-state index in [1.165, 1.54) is 10.7 Å². The summed E-state index contributed by atoms with van der Waals surface area (Å²) in [6, 6.07) is 12.9. The standard InChI is InChI=1S/C18H19N5O2/c19-18(10-4-5-11-18)17-20-15(25-22-17)12-23-16(24)9-8-14(21-23)13-6-2-1-3-7-13/h1-3,6-9H,4-5,10-12,19H2. The third-order valence-electron chi connectivity index (χ3n) is 4.63. The topological polar surface area (TPSA) is 99.8 Å². The molecule has 25 heavy (non-hydrogen) atoms. The van der Waals surface area contributed by atoms with E-state index < -0.39 is 5.54 Å². The monoisotopic (exact) mass is 337 g/mol. The van der Waals surface area contributed by atoms with Crippen molar-refractivity contribution in [2.24, 2.45) is 5.73 Å². The van der Waals surface area contributed by atoms with Gasteiger partial charge in [-0.05, 0) is 18.9 Å². The zero-order valence-electron chi connectivity index (χ0n) is 13.8. The molecule has 0 spiro atoms. The molecule has 0 aliphatic heterocycles. The van der Waals surface area contributed by atoms with Crippen molar-refractivity contribution in [3.05, 3.63) is 64.5 Å². The molecule has 3 aromatic rings. The summed E-state index contributed by atoms with van der Waals surface area (Å²) in [6.07, 6.45) is 3.85. The van der Waals surface area contributed by atoms with E-state index in [0.717, 1.165) is 31.2 Å². The van der Waals surface area contributed by atoms with Crippen molar-refractivity contribution in [1.82, 2.24) is 19.9 Å². The fourth-order valence-corrected chi connectivity index (χ4v) is 3.20. The second kappa shape index (κ2) is 6.25. The summed E-state index contributed by atoms with van der Waals surface area (Å²) in [4.78, 5) is 16.5. The summed E-state index contributed by atoms with van der Waals surface area (Å²) in [5, 5.41) is 8.43. The molecule has 0 unspecified atom stereocenters. The zero-order valence-corrected chi connectivity index (χ0v) is 13.8. The number of nitrogens with zero attached hydrogens (tertiary/aromatic N) is 4. The first-order valence-corrected chi connectivity index (χ1v) is 8.40. The smallest absolute Gasteiger partial charge is 0.267 e. The Bertz CT molecular complexity index is 926. The number of nitrogens with two attached hydrogens (primary N) is 1. The lowest BCUT2D eigenvalue weighted by molar-refractivity contribution is 0.340. The molecule has 128 valence electrons. The molecule has 1 fully saturated rings. The van der Waals surface area contributed by atoms with Gasteiger partial charge in [0.1, 0.15) is 6.54 Å². The van der Waals surface area contributed by atoms with E-state index in [-0.39, 0.29) is 12.1 Å². The summed E-state index contributed by atoms with van der Waals surface area (Å²) >= 11 is 0. The molecule has 7 nitrogen and oxygen atoms in total. The van der Waals surface area contributed by atoms with E-state index in [9.17, 15) is 4.79 Å². The Balaban J connectivity index is 1.61. The average molecular weight is 337 g/mol. The Morgan fingerprint density at radius 2 is 1.88 bits per heavy atom. The Labute approximate surface area is 144 Å². The molecule has 2 aromatic heterocycles. The average Bonchev–Trinajstić information content (AvgIpc) is 3.28. The normalized spacial score (nSPS) is 16.2. The first kappa shape index (κ1) is 15.7. The first-order valence-electron chi connectivity index (χ1n) is 8.40. The van der Waals surface area contributed by atoms with E-state index in [1.807, 2.05) is 30.3 Å².